The van der Waals surface area contributed by atoms with Crippen LogP contribution in [-0.4, -0.2) is 13.1 Å². The second-order valence-corrected chi connectivity index (χ2v) is 5.41. The lowest BCUT2D eigenvalue weighted by Crippen LogP contribution is -2.15. The summed E-state index contributed by atoms with van der Waals surface area (Å²) in [5.74, 6) is 0.332. The van der Waals surface area contributed by atoms with Crippen LogP contribution in [0.25, 0.3) is 0 Å². The summed E-state index contributed by atoms with van der Waals surface area (Å²) in [6, 6.07) is 18.2. The third-order valence-corrected chi connectivity index (χ3v) is 3.90. The van der Waals surface area contributed by atoms with Crippen molar-refractivity contribution in [3.8, 4) is 0 Å². The van der Waals surface area contributed by atoms with Crippen molar-refractivity contribution in [1.29, 1.82) is 0 Å². The molecule has 0 bridgehead atoms. The summed E-state index contributed by atoms with van der Waals surface area (Å²) in [6.45, 7) is 0. The topological polar surface area (TPSA) is 38.3 Å². The van der Waals surface area contributed by atoms with E-state index in [1.165, 1.54) is 25.5 Å². The maximum Gasteiger partial charge on any atom is 0.339 e. The third-order valence-electron chi connectivity index (χ3n) is 3.90. The molecule has 3 rings (SSSR count). The largest absolute Gasteiger partial charge is 0.465 e. The van der Waals surface area contributed by atoms with Crippen LogP contribution < -0.4 is 5.32 Å². The fourth-order valence-electron chi connectivity index (χ4n) is 2.63. The average molecular weight is 281 g/mol. The van der Waals surface area contributed by atoms with Crippen molar-refractivity contribution < 1.29 is 9.53 Å². The van der Waals surface area contributed by atoms with Crippen molar-refractivity contribution >= 4 is 11.7 Å². The van der Waals surface area contributed by atoms with E-state index >= 15 is 0 Å². The first-order valence-corrected chi connectivity index (χ1v) is 7.28. The van der Waals surface area contributed by atoms with Gasteiger partial charge in [0.05, 0.1) is 18.7 Å². The van der Waals surface area contributed by atoms with E-state index in [-0.39, 0.29) is 12.0 Å². The molecule has 2 aromatic rings. The molecular formula is C18H19NO2. The number of carbonyl (C=O) groups excluding carboxylic acids is 1. The molecule has 1 aliphatic carbocycles. The van der Waals surface area contributed by atoms with Crippen molar-refractivity contribution in [2.45, 2.75) is 18.9 Å². The molecule has 1 N–H and O–H groups in total. The Balaban J connectivity index is 1.89. The van der Waals surface area contributed by atoms with E-state index in [0.717, 1.165) is 5.69 Å². The summed E-state index contributed by atoms with van der Waals surface area (Å²) < 4.78 is 4.86. The SMILES string of the molecule is COC(=O)c1ccccc1NC(c1ccccc1)C1CC1. The maximum atomic E-state index is 11.9. The van der Waals surface area contributed by atoms with Gasteiger partial charge in [0.25, 0.3) is 0 Å². The smallest absolute Gasteiger partial charge is 0.339 e. The van der Waals surface area contributed by atoms with Gasteiger partial charge in [-0.3, -0.25) is 0 Å². The van der Waals surface area contributed by atoms with Gasteiger partial charge in [-0.1, -0.05) is 42.5 Å². The zero-order valence-electron chi connectivity index (χ0n) is 12.1. The summed E-state index contributed by atoms with van der Waals surface area (Å²) in [7, 11) is 1.41. The van der Waals surface area contributed by atoms with Gasteiger partial charge in [-0.25, -0.2) is 4.79 Å². The van der Waals surface area contributed by atoms with Gasteiger partial charge in [0.15, 0.2) is 0 Å². The Hall–Kier alpha value is -2.29. The Kier molecular flexibility index (Phi) is 3.91. The number of esters is 1. The number of methoxy groups -OCH3 is 1. The van der Waals surface area contributed by atoms with E-state index in [4.69, 9.17) is 4.74 Å². The lowest BCUT2D eigenvalue weighted by atomic mass is 10.0. The van der Waals surface area contributed by atoms with Crippen LogP contribution in [0.2, 0.25) is 0 Å². The number of rotatable bonds is 5. The Labute approximate surface area is 124 Å². The molecule has 1 atom stereocenters. The van der Waals surface area contributed by atoms with Crippen molar-refractivity contribution in [2.75, 3.05) is 12.4 Å². The number of anilines is 1. The molecule has 0 saturated heterocycles. The summed E-state index contributed by atoms with van der Waals surface area (Å²) in [5.41, 5.74) is 2.69. The molecule has 108 valence electrons. The summed E-state index contributed by atoms with van der Waals surface area (Å²) in [5, 5.41) is 3.54. The van der Waals surface area contributed by atoms with Gasteiger partial charge in [-0.05, 0) is 36.5 Å². The minimum Gasteiger partial charge on any atom is -0.465 e. The van der Waals surface area contributed by atoms with Crippen LogP contribution in [0.5, 0.6) is 0 Å². The molecule has 0 aromatic heterocycles. The second-order valence-electron chi connectivity index (χ2n) is 5.41. The second kappa shape index (κ2) is 6.00. The predicted octanol–water partition coefficient (Wildman–Crippen LogP) is 4.04. The molecule has 3 nitrogen and oxygen atoms in total. The van der Waals surface area contributed by atoms with Crippen molar-refractivity contribution in [2.24, 2.45) is 5.92 Å². The highest BCUT2D eigenvalue weighted by Gasteiger charge is 2.32. The third kappa shape index (κ3) is 3.07. The molecule has 1 fully saturated rings. The van der Waals surface area contributed by atoms with Gasteiger partial charge in [-0.2, -0.15) is 0 Å². The molecule has 0 spiro atoms. The zero-order chi connectivity index (χ0) is 14.7. The summed E-state index contributed by atoms with van der Waals surface area (Å²) in [4.78, 5) is 11.9. The lowest BCUT2D eigenvalue weighted by Gasteiger charge is -2.21. The van der Waals surface area contributed by atoms with Crippen molar-refractivity contribution in [3.63, 3.8) is 0 Å². The molecule has 0 aliphatic heterocycles. The van der Waals surface area contributed by atoms with Crippen molar-refractivity contribution in [1.82, 2.24) is 0 Å². The number of hydrogen-bond donors (Lipinski definition) is 1. The molecule has 0 radical (unpaired) electrons. The predicted molar refractivity (Wildman–Crippen MR) is 83.3 cm³/mol. The Bertz CT molecular complexity index is 620. The minimum absolute atomic E-state index is 0.247. The molecule has 21 heavy (non-hydrogen) atoms. The van der Waals surface area contributed by atoms with Gasteiger partial charge >= 0.3 is 5.97 Å². The van der Waals surface area contributed by atoms with Gasteiger partial charge in [0, 0.05) is 5.69 Å². The van der Waals surface area contributed by atoms with Gasteiger partial charge in [0.1, 0.15) is 0 Å². The number of benzene rings is 2. The zero-order valence-corrected chi connectivity index (χ0v) is 12.1. The lowest BCUT2D eigenvalue weighted by molar-refractivity contribution is 0.0601. The average Bonchev–Trinajstić information content (AvgIpc) is 3.38. The van der Waals surface area contributed by atoms with Crippen LogP contribution in [0.15, 0.2) is 54.6 Å². The fraction of sp³-hybridized carbons (Fsp3) is 0.278. The Morgan fingerprint density at radius 1 is 1.10 bits per heavy atom. The highest BCUT2D eigenvalue weighted by atomic mass is 16.5. The van der Waals surface area contributed by atoms with E-state index in [1.54, 1.807) is 6.07 Å². The Morgan fingerprint density at radius 3 is 2.43 bits per heavy atom. The molecule has 0 heterocycles. The van der Waals surface area contributed by atoms with Gasteiger partial charge in [0.2, 0.25) is 0 Å². The van der Waals surface area contributed by atoms with E-state index in [9.17, 15) is 4.79 Å². The first-order valence-electron chi connectivity index (χ1n) is 7.28. The number of hydrogen-bond acceptors (Lipinski definition) is 3. The van der Waals surface area contributed by atoms with E-state index in [0.29, 0.717) is 11.5 Å². The molecule has 1 saturated carbocycles. The van der Waals surface area contributed by atoms with Crippen LogP contribution in [0, 0.1) is 5.92 Å². The molecule has 1 aliphatic rings. The summed E-state index contributed by atoms with van der Waals surface area (Å²) >= 11 is 0. The monoisotopic (exact) mass is 281 g/mol. The fourth-order valence-corrected chi connectivity index (χ4v) is 2.63. The van der Waals surface area contributed by atoms with Crippen LogP contribution in [-0.2, 0) is 4.74 Å². The van der Waals surface area contributed by atoms with Crippen molar-refractivity contribution in [3.05, 3.63) is 65.7 Å². The first kappa shape index (κ1) is 13.7. The van der Waals surface area contributed by atoms with E-state index in [1.807, 2.05) is 24.3 Å². The van der Waals surface area contributed by atoms with Crippen LogP contribution in [0.1, 0.15) is 34.8 Å². The van der Waals surface area contributed by atoms with Crippen LogP contribution in [0.4, 0.5) is 5.69 Å². The number of nitrogens with one attached hydrogen (secondary N) is 1. The molecule has 0 amide bonds. The van der Waals surface area contributed by atoms with Crippen LogP contribution in [0.3, 0.4) is 0 Å². The number of ether oxygens (including phenoxy) is 1. The number of carbonyl (C=O) groups is 1. The van der Waals surface area contributed by atoms with E-state index in [2.05, 4.69) is 29.6 Å². The standard InChI is InChI=1S/C18H19NO2/c1-21-18(20)15-9-5-6-10-16(15)19-17(14-11-12-14)13-7-3-2-4-8-13/h2-10,14,17,19H,11-12H2,1H3. The maximum absolute atomic E-state index is 11.9. The van der Waals surface area contributed by atoms with Gasteiger partial charge < -0.3 is 10.1 Å². The van der Waals surface area contributed by atoms with Crippen LogP contribution >= 0.6 is 0 Å². The normalized spacial score (nSPS) is 15.3. The van der Waals surface area contributed by atoms with E-state index < -0.39 is 0 Å². The summed E-state index contributed by atoms with van der Waals surface area (Å²) in [6.07, 6.45) is 2.46. The number of para-hydroxylation sites is 1. The Morgan fingerprint density at radius 2 is 1.76 bits per heavy atom. The highest BCUT2D eigenvalue weighted by Crippen LogP contribution is 2.43. The highest BCUT2D eigenvalue weighted by molar-refractivity contribution is 5.95. The first-order chi connectivity index (χ1) is 10.3. The molecule has 3 heteroatoms. The minimum atomic E-state index is -0.305. The quantitative estimate of drug-likeness (QED) is 0.841. The molecule has 1 unspecified atom stereocenters. The molecule has 2 aromatic carbocycles. The van der Waals surface area contributed by atoms with Gasteiger partial charge in [-0.15, -0.1) is 0 Å². The molecular weight excluding hydrogens is 262 g/mol.